The van der Waals surface area contributed by atoms with E-state index in [0.717, 1.165) is 32.6 Å². The number of carbonyl (C=O) groups excluding carboxylic acids is 1. The number of carbonyl (C=O) groups is 1. The number of carboxylic acids is 1. The third-order valence-corrected chi connectivity index (χ3v) is 6.21. The topological polar surface area (TPSA) is 112 Å². The van der Waals surface area contributed by atoms with Crippen LogP contribution in [-0.2, 0) is 13.1 Å². The normalized spacial score (nSPS) is 10.7. The maximum Gasteiger partial charge on any atom is 1.00 e. The van der Waals surface area contributed by atoms with E-state index < -0.39 is 5.97 Å². The first-order valence-corrected chi connectivity index (χ1v) is 11.4. The number of aromatic carboxylic acids is 1. The fourth-order valence-corrected chi connectivity index (χ4v) is 4.36. The molecule has 1 N–H and O–H groups in total. The summed E-state index contributed by atoms with van der Waals surface area (Å²) in [6, 6.07) is 16.5. The zero-order chi connectivity index (χ0) is 23.9. The van der Waals surface area contributed by atoms with Gasteiger partial charge in [0.1, 0.15) is 10.8 Å². The molecule has 35 heavy (non-hydrogen) atoms. The number of thiazole rings is 1. The summed E-state index contributed by atoms with van der Waals surface area (Å²) in [4.78, 5) is 27.7. The molecule has 0 bridgehead atoms. The maximum absolute atomic E-state index is 11.1. The zero-order valence-electron chi connectivity index (χ0n) is 19.5. The van der Waals surface area contributed by atoms with Crippen LogP contribution in [0, 0.1) is 0 Å². The molecule has 0 aliphatic heterocycles. The molecule has 3 aromatic heterocycles. The van der Waals surface area contributed by atoms with Crippen molar-refractivity contribution in [3.8, 4) is 26.9 Å². The van der Waals surface area contributed by atoms with Gasteiger partial charge in [0.05, 0.1) is 41.6 Å². The minimum atomic E-state index is -1.25. The van der Waals surface area contributed by atoms with Crippen molar-refractivity contribution < 1.29 is 49.3 Å². The number of pyridine rings is 2. The number of nitrogens with zero attached hydrogens (tertiary/aromatic N) is 4. The Morgan fingerprint density at radius 3 is 2.57 bits per heavy atom. The molecule has 0 radical (unpaired) electrons. The van der Waals surface area contributed by atoms with Crippen LogP contribution < -0.4 is 39.4 Å². The van der Waals surface area contributed by atoms with Crippen molar-refractivity contribution in [2.45, 2.75) is 13.1 Å². The predicted molar refractivity (Wildman–Crippen MR) is 127 cm³/mol. The van der Waals surface area contributed by atoms with E-state index in [1.165, 1.54) is 18.3 Å². The molecule has 8 nitrogen and oxygen atoms in total. The van der Waals surface area contributed by atoms with E-state index in [9.17, 15) is 15.0 Å². The summed E-state index contributed by atoms with van der Waals surface area (Å²) < 4.78 is 5.22. The van der Waals surface area contributed by atoms with Crippen LogP contribution in [-0.4, -0.2) is 51.2 Å². The van der Waals surface area contributed by atoms with E-state index in [-0.39, 0.29) is 41.7 Å². The number of methoxy groups -OCH3 is 1. The number of ether oxygens (including phenoxy) is 1. The average molecular weight is 499 g/mol. The van der Waals surface area contributed by atoms with Gasteiger partial charge in [0, 0.05) is 37.6 Å². The fraction of sp³-hybridized carbons (Fsp3) is 0.200. The largest absolute Gasteiger partial charge is 1.00 e. The molecule has 3 heterocycles. The fourth-order valence-electron chi connectivity index (χ4n) is 3.47. The number of rotatable bonds is 10. The number of aromatic nitrogens is 3. The van der Waals surface area contributed by atoms with Gasteiger partial charge in [0.15, 0.2) is 0 Å². The first-order valence-electron chi connectivity index (χ1n) is 10.6. The van der Waals surface area contributed by atoms with E-state index in [2.05, 4.69) is 9.97 Å². The van der Waals surface area contributed by atoms with E-state index in [1.807, 2.05) is 53.6 Å². The molecule has 0 unspecified atom stereocenters. The van der Waals surface area contributed by atoms with Crippen LogP contribution in [0.4, 0.5) is 0 Å². The molecule has 4 aromatic rings. The summed E-state index contributed by atoms with van der Waals surface area (Å²) in [5.41, 5.74) is 3.29. The quantitative estimate of drug-likeness (QED) is 0.295. The van der Waals surface area contributed by atoms with Crippen LogP contribution in [0.3, 0.4) is 0 Å². The van der Waals surface area contributed by atoms with Crippen molar-refractivity contribution in [2.75, 3.05) is 20.3 Å². The third kappa shape index (κ3) is 7.17. The second-order valence-electron chi connectivity index (χ2n) is 7.53. The molecule has 0 fully saturated rings. The Labute approximate surface area is 229 Å². The van der Waals surface area contributed by atoms with Gasteiger partial charge in [-0.05, 0) is 54.1 Å². The van der Waals surface area contributed by atoms with Gasteiger partial charge in [-0.1, -0.05) is 6.07 Å². The number of aliphatic hydroxyl groups excluding tert-OH is 1. The molecule has 10 heteroatoms. The molecular weight excluding hydrogens is 475 g/mol. The van der Waals surface area contributed by atoms with Crippen LogP contribution in [0.15, 0.2) is 67.0 Å². The van der Waals surface area contributed by atoms with Crippen LogP contribution in [0.5, 0.6) is 5.75 Å². The molecule has 0 aliphatic rings. The Morgan fingerprint density at radius 1 is 1.09 bits per heavy atom. The van der Waals surface area contributed by atoms with Crippen LogP contribution >= 0.6 is 11.3 Å². The second-order valence-corrected chi connectivity index (χ2v) is 8.56. The minimum Gasteiger partial charge on any atom is -0.545 e. The molecule has 0 amide bonds. The average Bonchev–Trinajstić information content (AvgIpc) is 3.35. The van der Waals surface area contributed by atoms with Gasteiger partial charge >= 0.3 is 29.6 Å². The van der Waals surface area contributed by atoms with Gasteiger partial charge in [-0.15, -0.1) is 11.3 Å². The Morgan fingerprint density at radius 2 is 1.86 bits per heavy atom. The number of benzene rings is 1. The van der Waals surface area contributed by atoms with Gasteiger partial charge in [0.2, 0.25) is 0 Å². The monoisotopic (exact) mass is 498 g/mol. The molecule has 1 aromatic carbocycles. The smallest absolute Gasteiger partial charge is 0.545 e. The third-order valence-electron chi connectivity index (χ3n) is 5.15. The van der Waals surface area contributed by atoms with Crippen molar-refractivity contribution in [3.05, 3.63) is 83.9 Å². The summed E-state index contributed by atoms with van der Waals surface area (Å²) >= 11 is 1.56. The van der Waals surface area contributed by atoms with Gasteiger partial charge in [-0.2, -0.15) is 0 Å². The summed E-state index contributed by atoms with van der Waals surface area (Å²) in [5.74, 6) is -0.443. The minimum absolute atomic E-state index is 0. The van der Waals surface area contributed by atoms with Crippen molar-refractivity contribution in [1.29, 1.82) is 0 Å². The Balaban J connectivity index is 0.00000342. The standard InChI is InChI=1S/C25H24N4O4S.Na/c1-33-21-7-5-17(6-8-21)23-14-27-24(34-23)22-4-2-3-19(28-22)15-29(11-12-30)16-20-13-18(25(31)32)9-10-26-20;/h2-10,13-14,30H,11-12,15-16H2,1H3,(H,31,32);/q;+1/p-1. The van der Waals surface area contributed by atoms with Crippen molar-refractivity contribution in [2.24, 2.45) is 0 Å². The van der Waals surface area contributed by atoms with Gasteiger partial charge in [-0.25, -0.2) is 9.97 Å². The summed E-state index contributed by atoms with van der Waals surface area (Å²) in [6.45, 7) is 1.17. The second kappa shape index (κ2) is 12.9. The van der Waals surface area contributed by atoms with E-state index in [0.29, 0.717) is 25.3 Å². The summed E-state index contributed by atoms with van der Waals surface area (Å²) in [6.07, 6.45) is 3.28. The molecule has 0 saturated carbocycles. The molecule has 174 valence electrons. The van der Waals surface area contributed by atoms with Crippen LogP contribution in [0.25, 0.3) is 21.1 Å². The first kappa shape index (κ1) is 26.9. The van der Waals surface area contributed by atoms with Gasteiger partial charge in [0.25, 0.3) is 0 Å². The summed E-state index contributed by atoms with van der Waals surface area (Å²) in [7, 11) is 1.64. The molecular formula is C25H23N4NaO4S. The Hall–Kier alpha value is -2.66. The first-order chi connectivity index (χ1) is 16.6. The van der Waals surface area contributed by atoms with E-state index >= 15 is 0 Å². The van der Waals surface area contributed by atoms with Crippen molar-refractivity contribution in [1.82, 2.24) is 19.9 Å². The van der Waals surface area contributed by atoms with Crippen molar-refractivity contribution >= 4 is 17.3 Å². The van der Waals surface area contributed by atoms with Crippen LogP contribution in [0.1, 0.15) is 21.7 Å². The summed E-state index contributed by atoms with van der Waals surface area (Å²) in [5, 5.41) is 21.5. The SMILES string of the molecule is COc1ccc(-c2cnc(-c3cccc(CN(CCO)Cc4cc(C(=O)[O-])ccn4)n3)s2)cc1.[Na+]. The molecule has 0 spiro atoms. The van der Waals surface area contributed by atoms with E-state index in [1.54, 1.807) is 18.4 Å². The molecule has 4 rings (SSSR count). The van der Waals surface area contributed by atoms with E-state index in [4.69, 9.17) is 9.72 Å². The maximum atomic E-state index is 11.1. The van der Waals surface area contributed by atoms with Gasteiger partial charge < -0.3 is 19.7 Å². The molecule has 0 atom stereocenters. The zero-order valence-corrected chi connectivity index (χ0v) is 22.4. The number of carboxylic acid groups (broad SMARTS) is 1. The van der Waals surface area contributed by atoms with Crippen LogP contribution in [0.2, 0.25) is 0 Å². The number of aliphatic hydroxyl groups is 1. The number of hydrogen-bond acceptors (Lipinski definition) is 9. The predicted octanol–water partition coefficient (Wildman–Crippen LogP) is -0.362. The Kier molecular flexibility index (Phi) is 9.91. The van der Waals surface area contributed by atoms with Crippen molar-refractivity contribution in [3.63, 3.8) is 0 Å². The number of hydrogen-bond donors (Lipinski definition) is 1. The molecule has 0 aliphatic carbocycles. The van der Waals surface area contributed by atoms with Gasteiger partial charge in [-0.3, -0.25) is 9.88 Å². The Bertz CT molecular complexity index is 1270. The molecule has 0 saturated heterocycles.